The predicted octanol–water partition coefficient (Wildman–Crippen LogP) is 3.07. The molecule has 7 heteroatoms. The third kappa shape index (κ3) is 3.61. The quantitative estimate of drug-likeness (QED) is 0.319. The third-order valence-electron chi connectivity index (χ3n) is 3.77. The van der Waals surface area contributed by atoms with E-state index < -0.39 is 0 Å². The van der Waals surface area contributed by atoms with Crippen molar-refractivity contribution in [2.75, 3.05) is 6.61 Å². The number of nitrogens with two attached hydrogens (primary N) is 1. The molecule has 2 aromatic heterocycles. The number of amidine groups is 1. The summed E-state index contributed by atoms with van der Waals surface area (Å²) in [4.78, 5) is 21.9. The first kappa shape index (κ1) is 16.9. The second-order valence-electron chi connectivity index (χ2n) is 5.47. The van der Waals surface area contributed by atoms with Gasteiger partial charge in [0.05, 0.1) is 0 Å². The predicted molar refractivity (Wildman–Crippen MR) is 98.4 cm³/mol. The van der Waals surface area contributed by atoms with Crippen molar-refractivity contribution in [2.45, 2.75) is 13.8 Å². The Labute approximate surface area is 149 Å². The van der Waals surface area contributed by atoms with Gasteiger partial charge >= 0.3 is 0 Å². The molecule has 0 spiro atoms. The van der Waals surface area contributed by atoms with Gasteiger partial charge in [0.25, 0.3) is 0 Å². The highest BCUT2D eigenvalue weighted by Crippen LogP contribution is 2.22. The molecule has 0 aliphatic carbocycles. The van der Waals surface area contributed by atoms with E-state index in [0.29, 0.717) is 5.56 Å². The standard InChI is InChI=1S/C18H18N4O2S/c1-12-10-15(13(2)22(12)18-20-8-9-25-18)16(23)11-24-21-17(19)14-6-4-3-5-7-14/h3-10H,11H2,1-2H3,(H2,19,21). The van der Waals surface area contributed by atoms with Gasteiger partial charge in [0.1, 0.15) is 0 Å². The van der Waals surface area contributed by atoms with Crippen molar-refractivity contribution in [3.05, 3.63) is 70.5 Å². The molecule has 128 valence electrons. The molecule has 0 fully saturated rings. The number of benzene rings is 1. The van der Waals surface area contributed by atoms with E-state index in [0.717, 1.165) is 22.1 Å². The first-order valence-electron chi connectivity index (χ1n) is 7.71. The van der Waals surface area contributed by atoms with Gasteiger partial charge in [-0.2, -0.15) is 0 Å². The molecule has 3 aromatic rings. The Morgan fingerprint density at radius 2 is 2.08 bits per heavy atom. The molecule has 0 unspecified atom stereocenters. The topological polar surface area (TPSA) is 82.5 Å². The van der Waals surface area contributed by atoms with Crippen LogP contribution in [0.1, 0.15) is 27.3 Å². The molecule has 1 aromatic carbocycles. The fourth-order valence-corrected chi connectivity index (χ4v) is 3.32. The maximum absolute atomic E-state index is 12.5. The van der Waals surface area contributed by atoms with Gasteiger partial charge in [0.15, 0.2) is 17.6 Å². The maximum atomic E-state index is 12.5. The number of carbonyl (C=O) groups is 1. The molecule has 0 radical (unpaired) electrons. The highest BCUT2D eigenvalue weighted by Gasteiger charge is 2.18. The second-order valence-corrected chi connectivity index (χ2v) is 6.35. The van der Waals surface area contributed by atoms with Gasteiger partial charge in [-0.3, -0.25) is 9.36 Å². The Morgan fingerprint density at radius 3 is 2.76 bits per heavy atom. The second kappa shape index (κ2) is 7.31. The smallest absolute Gasteiger partial charge is 0.204 e. The SMILES string of the molecule is Cc1cc(C(=O)CO/N=C(\N)c2ccccc2)c(C)n1-c1nccs1. The van der Waals surface area contributed by atoms with E-state index in [9.17, 15) is 4.79 Å². The lowest BCUT2D eigenvalue weighted by Crippen LogP contribution is -2.15. The van der Waals surface area contributed by atoms with Crippen LogP contribution < -0.4 is 5.73 Å². The van der Waals surface area contributed by atoms with Gasteiger partial charge < -0.3 is 10.6 Å². The minimum atomic E-state index is -0.171. The summed E-state index contributed by atoms with van der Waals surface area (Å²) in [5.41, 5.74) is 8.97. The number of hydrogen-bond donors (Lipinski definition) is 1. The first-order chi connectivity index (χ1) is 12.1. The molecule has 0 saturated carbocycles. The Kier molecular flexibility index (Phi) is 4.95. The van der Waals surface area contributed by atoms with Crippen molar-refractivity contribution in [1.82, 2.24) is 9.55 Å². The van der Waals surface area contributed by atoms with Crippen LogP contribution in [0.5, 0.6) is 0 Å². The highest BCUT2D eigenvalue weighted by molar-refractivity contribution is 7.12. The number of thiazole rings is 1. The van der Waals surface area contributed by atoms with Gasteiger partial charge in [0.2, 0.25) is 5.78 Å². The van der Waals surface area contributed by atoms with E-state index in [1.165, 1.54) is 11.3 Å². The van der Waals surface area contributed by atoms with E-state index in [2.05, 4.69) is 10.1 Å². The largest absolute Gasteiger partial charge is 0.386 e. The van der Waals surface area contributed by atoms with Crippen molar-refractivity contribution >= 4 is 23.0 Å². The van der Waals surface area contributed by atoms with Crippen molar-refractivity contribution in [1.29, 1.82) is 0 Å². The lowest BCUT2D eigenvalue weighted by Gasteiger charge is -2.05. The summed E-state index contributed by atoms with van der Waals surface area (Å²) in [5.74, 6) is 0.0853. The Balaban J connectivity index is 1.71. The summed E-state index contributed by atoms with van der Waals surface area (Å²) in [6.07, 6.45) is 1.74. The number of hydrogen-bond acceptors (Lipinski definition) is 5. The zero-order chi connectivity index (χ0) is 17.8. The minimum Gasteiger partial charge on any atom is -0.386 e. The highest BCUT2D eigenvalue weighted by atomic mass is 32.1. The Hall–Kier alpha value is -2.93. The summed E-state index contributed by atoms with van der Waals surface area (Å²) >= 11 is 1.52. The number of aromatic nitrogens is 2. The molecule has 0 atom stereocenters. The Bertz CT molecular complexity index is 899. The Morgan fingerprint density at radius 1 is 1.32 bits per heavy atom. The van der Waals surface area contributed by atoms with Gasteiger partial charge in [0, 0.05) is 34.1 Å². The molecule has 0 aliphatic heterocycles. The minimum absolute atomic E-state index is 0.152. The van der Waals surface area contributed by atoms with E-state index in [1.807, 2.05) is 60.2 Å². The first-order valence-corrected chi connectivity index (χ1v) is 8.58. The van der Waals surface area contributed by atoms with Crippen LogP contribution in [-0.4, -0.2) is 27.8 Å². The van der Waals surface area contributed by atoms with Crippen LogP contribution in [0.4, 0.5) is 0 Å². The molecule has 6 nitrogen and oxygen atoms in total. The number of carbonyl (C=O) groups excluding carboxylic acids is 1. The molecule has 0 aliphatic rings. The molecular formula is C18H18N4O2S. The average molecular weight is 354 g/mol. The zero-order valence-corrected chi connectivity index (χ0v) is 14.8. The van der Waals surface area contributed by atoms with Crippen molar-refractivity contribution in [3.63, 3.8) is 0 Å². The number of aryl methyl sites for hydroxylation is 1. The van der Waals surface area contributed by atoms with Gasteiger partial charge in [-0.1, -0.05) is 35.5 Å². The van der Waals surface area contributed by atoms with Gasteiger partial charge in [-0.15, -0.1) is 11.3 Å². The summed E-state index contributed by atoms with van der Waals surface area (Å²) in [7, 11) is 0. The van der Waals surface area contributed by atoms with E-state index in [4.69, 9.17) is 10.6 Å². The maximum Gasteiger partial charge on any atom is 0.204 e. The van der Waals surface area contributed by atoms with Crippen LogP contribution in [0.15, 0.2) is 53.1 Å². The van der Waals surface area contributed by atoms with Crippen LogP contribution in [0, 0.1) is 13.8 Å². The number of ketones is 1. The van der Waals surface area contributed by atoms with E-state index in [1.54, 1.807) is 6.20 Å². The van der Waals surface area contributed by atoms with Crippen LogP contribution in [0.3, 0.4) is 0 Å². The van der Waals surface area contributed by atoms with Crippen LogP contribution in [0.2, 0.25) is 0 Å². The monoisotopic (exact) mass is 354 g/mol. The van der Waals surface area contributed by atoms with E-state index in [-0.39, 0.29) is 18.2 Å². The molecule has 2 heterocycles. The van der Waals surface area contributed by atoms with Crippen LogP contribution in [0.25, 0.3) is 5.13 Å². The van der Waals surface area contributed by atoms with Crippen LogP contribution >= 0.6 is 11.3 Å². The summed E-state index contributed by atoms with van der Waals surface area (Å²) in [6.45, 7) is 3.66. The fraction of sp³-hybridized carbons (Fsp3) is 0.167. The molecule has 3 rings (SSSR count). The zero-order valence-electron chi connectivity index (χ0n) is 14.0. The number of nitrogens with zero attached hydrogens (tertiary/aromatic N) is 3. The van der Waals surface area contributed by atoms with E-state index >= 15 is 0 Å². The normalized spacial score (nSPS) is 11.5. The molecule has 0 amide bonds. The molecule has 0 saturated heterocycles. The molecule has 0 bridgehead atoms. The van der Waals surface area contributed by atoms with Gasteiger partial charge in [-0.05, 0) is 19.9 Å². The lowest BCUT2D eigenvalue weighted by atomic mass is 10.2. The molecular weight excluding hydrogens is 336 g/mol. The van der Waals surface area contributed by atoms with Crippen molar-refractivity contribution in [3.8, 4) is 5.13 Å². The number of oxime groups is 1. The van der Waals surface area contributed by atoms with Gasteiger partial charge in [-0.25, -0.2) is 4.98 Å². The average Bonchev–Trinajstić information content (AvgIpc) is 3.23. The molecule has 2 N–H and O–H groups in total. The van der Waals surface area contributed by atoms with Crippen LogP contribution in [-0.2, 0) is 4.84 Å². The lowest BCUT2D eigenvalue weighted by molar-refractivity contribution is 0.0775. The summed E-state index contributed by atoms with van der Waals surface area (Å²) < 4.78 is 1.96. The summed E-state index contributed by atoms with van der Waals surface area (Å²) in [5, 5.41) is 6.56. The van der Waals surface area contributed by atoms with Crippen molar-refractivity contribution < 1.29 is 9.63 Å². The third-order valence-corrected chi connectivity index (χ3v) is 4.53. The number of Topliss-reactive ketones (excluding diaryl/α,β-unsaturated/α-hetero) is 1. The fourth-order valence-electron chi connectivity index (χ4n) is 2.57. The molecule has 25 heavy (non-hydrogen) atoms. The van der Waals surface area contributed by atoms with Crippen molar-refractivity contribution in [2.24, 2.45) is 10.9 Å². The number of rotatable bonds is 6. The summed E-state index contributed by atoms with van der Waals surface area (Å²) in [6, 6.07) is 11.1.